The van der Waals surface area contributed by atoms with E-state index in [-0.39, 0.29) is 0 Å². The van der Waals surface area contributed by atoms with E-state index < -0.39 is 0 Å². The van der Waals surface area contributed by atoms with Crippen molar-refractivity contribution in [1.82, 2.24) is 9.78 Å². The van der Waals surface area contributed by atoms with Crippen LogP contribution in [0, 0.1) is 12.8 Å². The number of aryl methyl sites for hydroxylation is 2. The Morgan fingerprint density at radius 1 is 1.44 bits per heavy atom. The zero-order valence-corrected chi connectivity index (χ0v) is 12.2. The first-order chi connectivity index (χ1) is 7.59. The van der Waals surface area contributed by atoms with Gasteiger partial charge in [-0.1, -0.05) is 40.4 Å². The Morgan fingerprint density at radius 3 is 2.69 bits per heavy atom. The van der Waals surface area contributed by atoms with Crippen LogP contribution in [0.15, 0.2) is 0 Å². The smallest absolute Gasteiger partial charge is 0.130 e. The monoisotopic (exact) mass is 304 g/mol. The summed E-state index contributed by atoms with van der Waals surface area (Å²) < 4.78 is 1.78. The average Bonchev–Trinajstić information content (AvgIpc) is 2.48. The number of alkyl halides is 1. The van der Waals surface area contributed by atoms with E-state index in [0.29, 0.717) is 10.7 Å². The Balaban J connectivity index is 2.13. The molecule has 16 heavy (non-hydrogen) atoms. The topological polar surface area (TPSA) is 17.8 Å². The number of aromatic nitrogens is 2. The van der Waals surface area contributed by atoms with E-state index in [1.54, 1.807) is 4.68 Å². The Bertz CT molecular complexity index is 375. The first kappa shape index (κ1) is 12.4. The maximum absolute atomic E-state index is 6.27. The van der Waals surface area contributed by atoms with Gasteiger partial charge in [-0.25, -0.2) is 0 Å². The predicted molar refractivity (Wildman–Crippen MR) is 71.3 cm³/mol. The van der Waals surface area contributed by atoms with Crippen molar-refractivity contribution in [2.24, 2.45) is 13.0 Å². The van der Waals surface area contributed by atoms with Gasteiger partial charge in [0.1, 0.15) is 5.15 Å². The maximum atomic E-state index is 6.27. The van der Waals surface area contributed by atoms with Gasteiger partial charge in [-0.15, -0.1) is 0 Å². The highest BCUT2D eigenvalue weighted by Gasteiger charge is 2.25. The quantitative estimate of drug-likeness (QED) is 0.758. The largest absolute Gasteiger partial charge is 0.257 e. The highest BCUT2D eigenvalue weighted by atomic mass is 79.9. The van der Waals surface area contributed by atoms with Crippen LogP contribution in [0.4, 0.5) is 0 Å². The number of halogens is 2. The minimum atomic E-state index is 0.650. The predicted octanol–water partition coefficient (Wildman–Crippen LogP) is 3.88. The fourth-order valence-corrected chi connectivity index (χ4v) is 3.59. The molecule has 2 atom stereocenters. The minimum Gasteiger partial charge on any atom is -0.257 e. The number of nitrogens with zero attached hydrogens (tertiary/aromatic N) is 2. The lowest BCUT2D eigenvalue weighted by molar-refractivity contribution is 0.373. The molecule has 1 aliphatic rings. The van der Waals surface area contributed by atoms with Crippen molar-refractivity contribution in [2.75, 3.05) is 0 Å². The van der Waals surface area contributed by atoms with Gasteiger partial charge in [0.05, 0.1) is 5.69 Å². The third-order valence-electron chi connectivity index (χ3n) is 3.55. The average molecular weight is 306 g/mol. The third kappa shape index (κ3) is 2.45. The summed E-state index contributed by atoms with van der Waals surface area (Å²) in [4.78, 5) is 0.650. The SMILES string of the molecule is Cc1nn(C)c(Cl)c1CC1CCCCC1Br. The van der Waals surface area contributed by atoms with Gasteiger partial charge >= 0.3 is 0 Å². The maximum Gasteiger partial charge on any atom is 0.130 e. The third-order valence-corrected chi connectivity index (χ3v) is 5.23. The molecule has 1 saturated carbocycles. The molecule has 0 radical (unpaired) electrons. The second-order valence-corrected chi connectivity index (χ2v) is 6.28. The molecule has 90 valence electrons. The molecule has 1 aromatic heterocycles. The molecule has 1 fully saturated rings. The summed E-state index contributed by atoms with van der Waals surface area (Å²) in [6.07, 6.45) is 6.37. The molecule has 0 saturated heterocycles. The number of hydrogen-bond donors (Lipinski definition) is 0. The molecule has 0 spiro atoms. The zero-order valence-electron chi connectivity index (χ0n) is 9.84. The van der Waals surface area contributed by atoms with Crippen molar-refractivity contribution in [3.05, 3.63) is 16.4 Å². The van der Waals surface area contributed by atoms with Crippen LogP contribution in [0.3, 0.4) is 0 Å². The van der Waals surface area contributed by atoms with Crippen LogP contribution in [0.5, 0.6) is 0 Å². The summed E-state index contributed by atoms with van der Waals surface area (Å²) >= 11 is 10.1. The summed E-state index contributed by atoms with van der Waals surface area (Å²) in [6, 6.07) is 0. The van der Waals surface area contributed by atoms with Crippen LogP contribution in [-0.2, 0) is 13.5 Å². The molecule has 0 aromatic carbocycles. The Labute approximate surface area is 110 Å². The molecule has 0 N–H and O–H groups in total. The molecule has 1 heterocycles. The van der Waals surface area contributed by atoms with Crippen LogP contribution in [0.25, 0.3) is 0 Å². The van der Waals surface area contributed by atoms with Gasteiger partial charge in [0, 0.05) is 17.4 Å². The summed E-state index contributed by atoms with van der Waals surface area (Å²) in [5.74, 6) is 0.717. The van der Waals surface area contributed by atoms with Crippen LogP contribution >= 0.6 is 27.5 Å². The fourth-order valence-electron chi connectivity index (χ4n) is 2.56. The normalized spacial score (nSPS) is 26.0. The van der Waals surface area contributed by atoms with Crippen molar-refractivity contribution < 1.29 is 0 Å². The molecular weight excluding hydrogens is 288 g/mol. The van der Waals surface area contributed by atoms with E-state index in [9.17, 15) is 0 Å². The summed E-state index contributed by atoms with van der Waals surface area (Å²) in [7, 11) is 1.91. The minimum absolute atomic E-state index is 0.650. The summed E-state index contributed by atoms with van der Waals surface area (Å²) in [5.41, 5.74) is 2.32. The van der Waals surface area contributed by atoms with Crippen molar-refractivity contribution in [2.45, 2.75) is 43.9 Å². The van der Waals surface area contributed by atoms with E-state index in [1.807, 2.05) is 14.0 Å². The van der Waals surface area contributed by atoms with E-state index >= 15 is 0 Å². The van der Waals surface area contributed by atoms with Crippen LogP contribution in [0.2, 0.25) is 5.15 Å². The fraction of sp³-hybridized carbons (Fsp3) is 0.750. The van der Waals surface area contributed by atoms with Crippen molar-refractivity contribution in [3.63, 3.8) is 0 Å². The number of rotatable bonds is 2. The molecule has 1 aromatic rings. The van der Waals surface area contributed by atoms with Gasteiger partial charge in [-0.05, 0) is 32.1 Å². The van der Waals surface area contributed by atoms with Gasteiger partial charge in [-0.2, -0.15) is 5.10 Å². The molecule has 0 bridgehead atoms. The van der Waals surface area contributed by atoms with Gasteiger partial charge in [0.15, 0.2) is 0 Å². The molecule has 4 heteroatoms. The molecule has 2 unspecified atom stereocenters. The summed E-state index contributed by atoms with van der Waals surface area (Å²) in [5, 5.41) is 5.18. The van der Waals surface area contributed by atoms with E-state index in [1.165, 1.54) is 31.2 Å². The molecule has 0 amide bonds. The first-order valence-corrected chi connectivity index (χ1v) is 7.21. The highest BCUT2D eigenvalue weighted by molar-refractivity contribution is 9.09. The Morgan fingerprint density at radius 2 is 2.12 bits per heavy atom. The van der Waals surface area contributed by atoms with Gasteiger partial charge in [0.25, 0.3) is 0 Å². The van der Waals surface area contributed by atoms with Gasteiger partial charge in [0.2, 0.25) is 0 Å². The van der Waals surface area contributed by atoms with E-state index in [4.69, 9.17) is 11.6 Å². The standard InChI is InChI=1S/C12H18BrClN2/c1-8-10(12(14)16(2)15-8)7-9-5-3-4-6-11(9)13/h9,11H,3-7H2,1-2H3. The lowest BCUT2D eigenvalue weighted by Crippen LogP contribution is -2.21. The molecule has 0 aliphatic heterocycles. The first-order valence-electron chi connectivity index (χ1n) is 5.91. The second-order valence-electron chi connectivity index (χ2n) is 4.74. The zero-order chi connectivity index (χ0) is 11.7. The molecule has 1 aliphatic carbocycles. The Kier molecular flexibility index (Phi) is 3.96. The Hall–Kier alpha value is -0.0200. The van der Waals surface area contributed by atoms with Gasteiger partial charge in [-0.3, -0.25) is 4.68 Å². The molecule has 2 nitrogen and oxygen atoms in total. The van der Waals surface area contributed by atoms with Crippen LogP contribution in [-0.4, -0.2) is 14.6 Å². The van der Waals surface area contributed by atoms with E-state index in [0.717, 1.165) is 17.3 Å². The van der Waals surface area contributed by atoms with Crippen LogP contribution < -0.4 is 0 Å². The summed E-state index contributed by atoms with van der Waals surface area (Å²) in [6.45, 7) is 2.05. The highest BCUT2D eigenvalue weighted by Crippen LogP contribution is 2.34. The molecular formula is C12H18BrClN2. The van der Waals surface area contributed by atoms with E-state index in [2.05, 4.69) is 21.0 Å². The van der Waals surface area contributed by atoms with Crippen molar-refractivity contribution in [1.29, 1.82) is 0 Å². The van der Waals surface area contributed by atoms with Crippen molar-refractivity contribution >= 4 is 27.5 Å². The van der Waals surface area contributed by atoms with Crippen LogP contribution in [0.1, 0.15) is 36.9 Å². The lowest BCUT2D eigenvalue weighted by Gasteiger charge is -2.27. The van der Waals surface area contributed by atoms with Crippen molar-refractivity contribution in [3.8, 4) is 0 Å². The van der Waals surface area contributed by atoms with Gasteiger partial charge < -0.3 is 0 Å². The number of hydrogen-bond acceptors (Lipinski definition) is 1. The molecule has 2 rings (SSSR count). The second kappa shape index (κ2) is 5.09. The lowest BCUT2D eigenvalue weighted by atomic mass is 9.85.